The lowest BCUT2D eigenvalue weighted by atomic mass is 10.3. The number of benzene rings is 1. The third-order valence-electron chi connectivity index (χ3n) is 1.36. The highest BCUT2D eigenvalue weighted by molar-refractivity contribution is 7.07. The smallest absolute Gasteiger partial charge is 0.298 e. The number of phenolic OH excluding ortho intramolecular Hbond substituents is 1. The molecule has 0 fully saturated rings. The first-order valence-corrected chi connectivity index (χ1v) is 4.35. The van der Waals surface area contributed by atoms with Crippen molar-refractivity contribution in [2.45, 2.75) is 0 Å². The van der Waals surface area contributed by atoms with E-state index in [2.05, 4.69) is 9.36 Å². The van der Waals surface area contributed by atoms with Gasteiger partial charge >= 0.3 is 0 Å². The van der Waals surface area contributed by atoms with Crippen LogP contribution in [0, 0.1) is 0 Å². The van der Waals surface area contributed by atoms with E-state index >= 15 is 0 Å². The fraction of sp³-hybridized carbons (Fsp3) is 0. The Labute approximate surface area is 78.6 Å². The van der Waals surface area contributed by atoms with E-state index in [1.807, 2.05) is 0 Å². The quantitative estimate of drug-likeness (QED) is 0.794. The Morgan fingerprint density at radius 2 is 2.31 bits per heavy atom. The van der Waals surface area contributed by atoms with Crippen molar-refractivity contribution in [3.63, 3.8) is 0 Å². The molecule has 66 valence electrons. The van der Waals surface area contributed by atoms with E-state index in [-0.39, 0.29) is 5.75 Å². The summed E-state index contributed by atoms with van der Waals surface area (Å²) < 4.78 is 9.07. The van der Waals surface area contributed by atoms with Crippen LogP contribution in [0.3, 0.4) is 0 Å². The van der Waals surface area contributed by atoms with Crippen molar-refractivity contribution in [3.05, 3.63) is 30.6 Å². The predicted molar refractivity (Wildman–Crippen MR) is 48.1 cm³/mol. The zero-order chi connectivity index (χ0) is 9.10. The molecular formula is C8H6N2O2S. The average molecular weight is 194 g/mol. The highest BCUT2D eigenvalue weighted by Crippen LogP contribution is 2.24. The second-order valence-electron chi connectivity index (χ2n) is 2.31. The lowest BCUT2D eigenvalue weighted by molar-refractivity contribution is 0.454. The van der Waals surface area contributed by atoms with Gasteiger partial charge in [-0.25, -0.2) is 0 Å². The Morgan fingerprint density at radius 3 is 3.00 bits per heavy atom. The van der Waals surface area contributed by atoms with E-state index in [9.17, 15) is 0 Å². The largest absolute Gasteiger partial charge is 0.508 e. The average Bonchev–Trinajstić information content (AvgIpc) is 2.57. The standard InChI is InChI=1S/C8H6N2O2S/c11-6-2-1-3-7(4-6)12-8-9-5-10-13-8/h1-5,11H. The molecule has 1 aromatic heterocycles. The molecule has 2 aromatic rings. The predicted octanol–water partition coefficient (Wildman–Crippen LogP) is 2.04. The molecular weight excluding hydrogens is 188 g/mol. The second-order valence-corrected chi connectivity index (χ2v) is 3.05. The van der Waals surface area contributed by atoms with Crippen LogP contribution in [0.5, 0.6) is 16.7 Å². The van der Waals surface area contributed by atoms with Crippen molar-refractivity contribution in [2.24, 2.45) is 0 Å². The first kappa shape index (κ1) is 8.00. The van der Waals surface area contributed by atoms with Crippen LogP contribution < -0.4 is 4.74 Å². The van der Waals surface area contributed by atoms with E-state index in [0.717, 1.165) is 11.5 Å². The normalized spacial score (nSPS) is 9.85. The number of hydrogen-bond donors (Lipinski definition) is 1. The van der Waals surface area contributed by atoms with Crippen LogP contribution in [0.4, 0.5) is 0 Å². The van der Waals surface area contributed by atoms with Gasteiger partial charge in [0.2, 0.25) is 0 Å². The third kappa shape index (κ3) is 1.94. The SMILES string of the molecule is Oc1cccc(Oc2ncns2)c1. The topological polar surface area (TPSA) is 55.2 Å². The molecule has 0 radical (unpaired) electrons. The third-order valence-corrected chi connectivity index (χ3v) is 1.91. The first-order chi connectivity index (χ1) is 6.34. The van der Waals surface area contributed by atoms with Gasteiger partial charge in [0.15, 0.2) is 0 Å². The summed E-state index contributed by atoms with van der Waals surface area (Å²) in [5, 5.41) is 9.59. The van der Waals surface area contributed by atoms with Crippen LogP contribution in [0.1, 0.15) is 0 Å². The fourth-order valence-corrected chi connectivity index (χ4v) is 1.27. The van der Waals surface area contributed by atoms with Gasteiger partial charge in [0.25, 0.3) is 5.19 Å². The number of hydrogen-bond acceptors (Lipinski definition) is 5. The van der Waals surface area contributed by atoms with E-state index in [1.165, 1.54) is 12.4 Å². The molecule has 0 aliphatic rings. The van der Waals surface area contributed by atoms with E-state index < -0.39 is 0 Å². The molecule has 5 heteroatoms. The van der Waals surface area contributed by atoms with Crippen molar-refractivity contribution in [1.29, 1.82) is 0 Å². The molecule has 4 nitrogen and oxygen atoms in total. The molecule has 0 aliphatic heterocycles. The van der Waals surface area contributed by atoms with Crippen molar-refractivity contribution < 1.29 is 9.84 Å². The molecule has 0 saturated carbocycles. The summed E-state index contributed by atoms with van der Waals surface area (Å²) >= 11 is 1.16. The van der Waals surface area contributed by atoms with Gasteiger partial charge in [-0.3, -0.25) is 0 Å². The Bertz CT molecular complexity index is 389. The Hall–Kier alpha value is -1.62. The van der Waals surface area contributed by atoms with E-state index in [1.54, 1.807) is 18.2 Å². The van der Waals surface area contributed by atoms with Crippen LogP contribution >= 0.6 is 11.5 Å². The molecule has 0 amide bonds. The summed E-state index contributed by atoms with van der Waals surface area (Å²) in [6.45, 7) is 0. The summed E-state index contributed by atoms with van der Waals surface area (Å²) in [4.78, 5) is 3.84. The van der Waals surface area contributed by atoms with Crippen LogP contribution in [-0.4, -0.2) is 14.5 Å². The summed E-state index contributed by atoms with van der Waals surface area (Å²) in [5.41, 5.74) is 0. The van der Waals surface area contributed by atoms with Gasteiger partial charge in [-0.05, 0) is 12.1 Å². The molecule has 1 heterocycles. The van der Waals surface area contributed by atoms with Crippen molar-refractivity contribution >= 4 is 11.5 Å². The number of rotatable bonds is 2. The number of aromatic nitrogens is 2. The molecule has 13 heavy (non-hydrogen) atoms. The van der Waals surface area contributed by atoms with Gasteiger partial charge in [0, 0.05) is 17.6 Å². The van der Waals surface area contributed by atoms with Crippen LogP contribution in [-0.2, 0) is 0 Å². The molecule has 1 N–H and O–H groups in total. The van der Waals surface area contributed by atoms with Gasteiger partial charge < -0.3 is 9.84 Å². The molecule has 0 spiro atoms. The molecule has 1 aromatic carbocycles. The Morgan fingerprint density at radius 1 is 1.38 bits per heavy atom. The minimum atomic E-state index is 0.169. The number of phenols is 1. The Balaban J connectivity index is 2.19. The van der Waals surface area contributed by atoms with Crippen LogP contribution in [0.2, 0.25) is 0 Å². The van der Waals surface area contributed by atoms with Crippen molar-refractivity contribution in [3.8, 4) is 16.7 Å². The highest BCUT2D eigenvalue weighted by atomic mass is 32.1. The van der Waals surface area contributed by atoms with Gasteiger partial charge in [-0.1, -0.05) is 6.07 Å². The molecule has 0 aliphatic carbocycles. The second kappa shape index (κ2) is 3.40. The van der Waals surface area contributed by atoms with Crippen LogP contribution in [0.15, 0.2) is 30.6 Å². The minimum Gasteiger partial charge on any atom is -0.508 e. The van der Waals surface area contributed by atoms with E-state index in [0.29, 0.717) is 10.9 Å². The summed E-state index contributed by atoms with van der Waals surface area (Å²) in [6, 6.07) is 6.53. The van der Waals surface area contributed by atoms with Crippen molar-refractivity contribution in [1.82, 2.24) is 9.36 Å². The Kier molecular flexibility index (Phi) is 2.09. The lowest BCUT2D eigenvalue weighted by Gasteiger charge is -1.99. The van der Waals surface area contributed by atoms with Gasteiger partial charge in [0.05, 0.1) is 0 Å². The maximum Gasteiger partial charge on any atom is 0.298 e. The summed E-state index contributed by atoms with van der Waals surface area (Å²) in [6.07, 6.45) is 1.42. The molecule has 0 saturated heterocycles. The minimum absolute atomic E-state index is 0.169. The van der Waals surface area contributed by atoms with E-state index in [4.69, 9.17) is 9.84 Å². The molecule has 0 bridgehead atoms. The van der Waals surface area contributed by atoms with Gasteiger partial charge in [-0.2, -0.15) is 9.36 Å². The van der Waals surface area contributed by atoms with Gasteiger partial charge in [-0.15, -0.1) is 0 Å². The molecule has 0 unspecified atom stereocenters. The molecule has 0 atom stereocenters. The maximum absolute atomic E-state index is 9.13. The monoisotopic (exact) mass is 194 g/mol. The zero-order valence-electron chi connectivity index (χ0n) is 6.54. The summed E-state index contributed by atoms with van der Waals surface area (Å²) in [5.74, 6) is 0.721. The lowest BCUT2D eigenvalue weighted by Crippen LogP contribution is -1.81. The van der Waals surface area contributed by atoms with Crippen LogP contribution in [0.25, 0.3) is 0 Å². The summed E-state index contributed by atoms with van der Waals surface area (Å²) in [7, 11) is 0. The fourth-order valence-electron chi connectivity index (χ4n) is 0.856. The zero-order valence-corrected chi connectivity index (χ0v) is 7.36. The number of aromatic hydroxyl groups is 1. The number of nitrogens with zero attached hydrogens (tertiary/aromatic N) is 2. The first-order valence-electron chi connectivity index (χ1n) is 3.58. The number of ether oxygens (including phenoxy) is 1. The molecule has 2 rings (SSSR count). The highest BCUT2D eigenvalue weighted by Gasteiger charge is 1.99. The van der Waals surface area contributed by atoms with Crippen molar-refractivity contribution in [2.75, 3.05) is 0 Å². The van der Waals surface area contributed by atoms with Gasteiger partial charge in [0.1, 0.15) is 17.8 Å². The maximum atomic E-state index is 9.13.